The first-order valence-corrected chi connectivity index (χ1v) is 3.74. The fourth-order valence-electron chi connectivity index (χ4n) is 0.753. The first-order chi connectivity index (χ1) is 5.86. The van der Waals surface area contributed by atoms with Gasteiger partial charge in [0, 0.05) is 5.69 Å². The Labute approximate surface area is 75.3 Å². The molecule has 0 heterocycles. The minimum atomic E-state index is 0.391. The predicted octanol–water partition coefficient (Wildman–Crippen LogP) is 1.59. The van der Waals surface area contributed by atoms with Gasteiger partial charge in [-0.05, 0) is 24.3 Å². The maximum atomic E-state index is 9.92. The Bertz CT molecular complexity index is 242. The topological polar surface area (TPSA) is 38.3 Å². The molecule has 0 radical (unpaired) electrons. The van der Waals surface area contributed by atoms with Crippen LogP contribution in [-0.2, 0) is 4.79 Å². The van der Waals surface area contributed by atoms with E-state index in [0.717, 1.165) is 5.69 Å². The van der Waals surface area contributed by atoms with Crippen LogP contribution in [0.4, 0.5) is 5.69 Å². The molecule has 0 spiro atoms. The Morgan fingerprint density at radius 3 is 2.50 bits per heavy atom. The van der Waals surface area contributed by atoms with Crippen LogP contribution in [0.2, 0.25) is 0 Å². The van der Waals surface area contributed by atoms with Gasteiger partial charge >= 0.3 is 0 Å². The number of rotatable bonds is 4. The standard InChI is InChI=1S/C8H7NO2S/c10-6-11-8-3-1-7(2-4-8)9-5-12/h1-6H,(H,9,12). The van der Waals surface area contributed by atoms with Crippen LogP contribution in [0.5, 0.6) is 5.75 Å². The van der Waals surface area contributed by atoms with Gasteiger partial charge < -0.3 is 10.1 Å². The van der Waals surface area contributed by atoms with Gasteiger partial charge in [-0.25, -0.2) is 0 Å². The number of anilines is 1. The molecule has 0 aliphatic carbocycles. The van der Waals surface area contributed by atoms with Crippen molar-refractivity contribution in [2.75, 3.05) is 5.32 Å². The van der Waals surface area contributed by atoms with Crippen molar-refractivity contribution in [3.63, 3.8) is 0 Å². The summed E-state index contributed by atoms with van der Waals surface area (Å²) in [6.07, 6.45) is 0. The largest absolute Gasteiger partial charge is 0.429 e. The van der Waals surface area contributed by atoms with Crippen molar-refractivity contribution in [1.82, 2.24) is 0 Å². The Kier molecular flexibility index (Phi) is 3.22. The maximum absolute atomic E-state index is 9.92. The molecule has 1 N–H and O–H groups in total. The highest BCUT2D eigenvalue weighted by Gasteiger charge is 1.91. The molecule has 0 bridgehead atoms. The van der Waals surface area contributed by atoms with Crippen LogP contribution in [0.1, 0.15) is 0 Å². The van der Waals surface area contributed by atoms with Crippen LogP contribution in [0.15, 0.2) is 24.3 Å². The zero-order valence-corrected chi connectivity index (χ0v) is 7.01. The fourth-order valence-corrected chi connectivity index (χ4v) is 0.889. The summed E-state index contributed by atoms with van der Waals surface area (Å²) in [6, 6.07) is 6.88. The lowest BCUT2D eigenvalue weighted by molar-refractivity contribution is -0.120. The van der Waals surface area contributed by atoms with Crippen molar-refractivity contribution >= 4 is 29.9 Å². The minimum absolute atomic E-state index is 0.391. The van der Waals surface area contributed by atoms with Crippen molar-refractivity contribution in [3.05, 3.63) is 24.3 Å². The van der Waals surface area contributed by atoms with E-state index in [0.29, 0.717) is 12.2 Å². The van der Waals surface area contributed by atoms with E-state index in [1.165, 1.54) is 5.49 Å². The second-order valence-corrected chi connectivity index (χ2v) is 2.24. The Hall–Kier alpha value is -1.42. The maximum Gasteiger partial charge on any atom is 0.298 e. The highest BCUT2D eigenvalue weighted by molar-refractivity contribution is 7.79. The molecule has 1 rings (SSSR count). The average Bonchev–Trinajstić information content (AvgIpc) is 2.09. The van der Waals surface area contributed by atoms with Gasteiger partial charge in [0.2, 0.25) is 0 Å². The number of ether oxygens (including phenoxy) is 1. The average molecular weight is 181 g/mol. The molecule has 0 atom stereocenters. The molecule has 0 aliphatic rings. The molecule has 0 saturated heterocycles. The second-order valence-electron chi connectivity index (χ2n) is 2.00. The lowest BCUT2D eigenvalue weighted by Crippen LogP contribution is -1.92. The van der Waals surface area contributed by atoms with Crippen molar-refractivity contribution < 1.29 is 9.53 Å². The van der Waals surface area contributed by atoms with E-state index >= 15 is 0 Å². The van der Waals surface area contributed by atoms with Crippen LogP contribution in [0, 0.1) is 0 Å². The van der Waals surface area contributed by atoms with E-state index in [9.17, 15) is 4.79 Å². The van der Waals surface area contributed by atoms with Crippen LogP contribution in [0.3, 0.4) is 0 Å². The van der Waals surface area contributed by atoms with Gasteiger partial charge in [0.05, 0.1) is 5.49 Å². The summed E-state index contributed by atoms with van der Waals surface area (Å²) >= 11 is 4.59. The summed E-state index contributed by atoms with van der Waals surface area (Å²) in [5, 5.41) is 2.82. The zero-order valence-electron chi connectivity index (χ0n) is 6.19. The third-order valence-corrected chi connectivity index (χ3v) is 1.38. The number of benzene rings is 1. The van der Waals surface area contributed by atoms with Gasteiger partial charge in [-0.1, -0.05) is 12.2 Å². The van der Waals surface area contributed by atoms with Gasteiger partial charge in [-0.15, -0.1) is 0 Å². The van der Waals surface area contributed by atoms with Crippen LogP contribution < -0.4 is 10.1 Å². The van der Waals surface area contributed by atoms with Crippen molar-refractivity contribution in [3.8, 4) is 5.75 Å². The number of carbonyl (C=O) groups excluding carboxylic acids is 1. The first-order valence-electron chi connectivity index (χ1n) is 3.27. The van der Waals surface area contributed by atoms with Crippen molar-refractivity contribution in [2.24, 2.45) is 0 Å². The third-order valence-electron chi connectivity index (χ3n) is 1.26. The lowest BCUT2D eigenvalue weighted by atomic mass is 10.3. The predicted molar refractivity (Wildman–Crippen MR) is 50.4 cm³/mol. The number of carbonyl (C=O) groups is 1. The van der Waals surface area contributed by atoms with Crippen LogP contribution in [-0.4, -0.2) is 12.0 Å². The van der Waals surface area contributed by atoms with Crippen molar-refractivity contribution in [2.45, 2.75) is 0 Å². The molecule has 1 aromatic carbocycles. The SMILES string of the molecule is O=COc1ccc(NC=S)cc1. The molecule has 1 aromatic rings. The molecule has 3 nitrogen and oxygen atoms in total. The summed E-state index contributed by atoms with van der Waals surface area (Å²) in [5.41, 5.74) is 2.28. The molecular weight excluding hydrogens is 174 g/mol. The fraction of sp³-hybridized carbons (Fsp3) is 0. The number of thiocarbonyl (C=S) groups is 1. The summed E-state index contributed by atoms with van der Waals surface area (Å²) in [6.45, 7) is 0.391. The summed E-state index contributed by atoms with van der Waals surface area (Å²) < 4.78 is 4.59. The molecule has 0 fully saturated rings. The lowest BCUT2D eigenvalue weighted by Gasteiger charge is -2.00. The van der Waals surface area contributed by atoms with Gasteiger partial charge in [0.15, 0.2) is 0 Å². The van der Waals surface area contributed by atoms with E-state index in [2.05, 4.69) is 22.3 Å². The summed E-state index contributed by atoms with van der Waals surface area (Å²) in [4.78, 5) is 9.92. The Morgan fingerprint density at radius 2 is 2.00 bits per heavy atom. The zero-order chi connectivity index (χ0) is 8.81. The Morgan fingerprint density at radius 1 is 1.33 bits per heavy atom. The van der Waals surface area contributed by atoms with Gasteiger partial charge in [0.1, 0.15) is 5.75 Å². The molecule has 0 aliphatic heterocycles. The first kappa shape index (κ1) is 8.67. The number of hydrogen-bond acceptors (Lipinski definition) is 3. The van der Waals surface area contributed by atoms with E-state index in [-0.39, 0.29) is 0 Å². The molecule has 0 saturated carbocycles. The Balaban J connectivity index is 2.70. The second kappa shape index (κ2) is 4.46. The van der Waals surface area contributed by atoms with E-state index in [1.54, 1.807) is 24.3 Å². The van der Waals surface area contributed by atoms with E-state index in [1.807, 2.05) is 0 Å². The van der Waals surface area contributed by atoms with Gasteiger partial charge in [-0.3, -0.25) is 4.79 Å². The molecule has 0 unspecified atom stereocenters. The highest BCUT2D eigenvalue weighted by atomic mass is 32.1. The minimum Gasteiger partial charge on any atom is -0.429 e. The summed E-state index contributed by atoms with van der Waals surface area (Å²) in [7, 11) is 0. The number of nitrogens with one attached hydrogen (secondary N) is 1. The molecule has 62 valence electrons. The molecule has 12 heavy (non-hydrogen) atoms. The van der Waals surface area contributed by atoms with E-state index < -0.39 is 0 Å². The van der Waals surface area contributed by atoms with Gasteiger partial charge in [0.25, 0.3) is 6.47 Å². The molecule has 0 amide bonds. The summed E-state index contributed by atoms with van der Waals surface area (Å²) in [5.74, 6) is 0.514. The quantitative estimate of drug-likeness (QED) is 0.565. The number of hydrogen-bond donors (Lipinski definition) is 1. The van der Waals surface area contributed by atoms with Crippen LogP contribution >= 0.6 is 12.2 Å². The molecular formula is C8H7NO2S. The smallest absolute Gasteiger partial charge is 0.298 e. The van der Waals surface area contributed by atoms with Gasteiger partial charge in [-0.2, -0.15) is 0 Å². The molecule has 4 heteroatoms. The molecule has 0 aromatic heterocycles. The van der Waals surface area contributed by atoms with Crippen molar-refractivity contribution in [1.29, 1.82) is 0 Å². The van der Waals surface area contributed by atoms with Crippen LogP contribution in [0.25, 0.3) is 0 Å². The normalized spacial score (nSPS) is 8.67. The highest BCUT2D eigenvalue weighted by Crippen LogP contribution is 2.14. The third kappa shape index (κ3) is 2.32. The van der Waals surface area contributed by atoms with E-state index in [4.69, 9.17) is 0 Å². The monoisotopic (exact) mass is 181 g/mol.